The van der Waals surface area contributed by atoms with Gasteiger partial charge in [-0.25, -0.2) is 31.9 Å². The summed E-state index contributed by atoms with van der Waals surface area (Å²) in [5.74, 6) is -6.92. The van der Waals surface area contributed by atoms with Gasteiger partial charge in [-0.15, -0.1) is 0 Å². The van der Waals surface area contributed by atoms with Gasteiger partial charge in [0.25, 0.3) is 0 Å². The predicted octanol–water partition coefficient (Wildman–Crippen LogP) is 6.09. The molecule has 0 amide bonds. The van der Waals surface area contributed by atoms with Crippen LogP contribution in [0.3, 0.4) is 0 Å². The van der Waals surface area contributed by atoms with E-state index in [0.717, 1.165) is 6.26 Å². The molecule has 0 saturated carbocycles. The summed E-state index contributed by atoms with van der Waals surface area (Å²) >= 11 is 6.56. The molecule has 5 rings (SSSR count). The summed E-state index contributed by atoms with van der Waals surface area (Å²) in [5.41, 5.74) is 0.939. The van der Waals surface area contributed by atoms with Crippen LogP contribution in [0.2, 0.25) is 5.02 Å². The van der Waals surface area contributed by atoms with Crippen LogP contribution in [-0.4, -0.2) is 51.0 Å². The monoisotopic (exact) mass is 580 g/mol. The number of benzene rings is 3. The van der Waals surface area contributed by atoms with E-state index in [-0.39, 0.29) is 12.6 Å². The van der Waals surface area contributed by atoms with Crippen LogP contribution in [0, 0.1) is 29.1 Å². The SMILES string of the molecule is C[C@H]1CN(Cc2c(F)c(F)c(F)c(F)c2S(C)=O)CCN1c1ncnc2cc(-c3ccccc3F)c(Cl)cc12. The molecule has 12 heteroatoms. The van der Waals surface area contributed by atoms with Crippen molar-refractivity contribution >= 4 is 39.1 Å². The van der Waals surface area contributed by atoms with Crippen molar-refractivity contribution in [1.82, 2.24) is 14.9 Å². The van der Waals surface area contributed by atoms with Crippen LogP contribution in [0.15, 0.2) is 47.6 Å². The molecule has 39 heavy (non-hydrogen) atoms. The topological polar surface area (TPSA) is 49.3 Å². The molecule has 2 atom stereocenters. The summed E-state index contributed by atoms with van der Waals surface area (Å²) < 4.78 is 83.3. The highest BCUT2D eigenvalue weighted by Crippen LogP contribution is 2.36. The lowest BCUT2D eigenvalue weighted by atomic mass is 10.0. The molecule has 1 aromatic heterocycles. The van der Waals surface area contributed by atoms with Crippen molar-refractivity contribution in [2.45, 2.75) is 24.4 Å². The molecule has 1 fully saturated rings. The molecule has 1 aliphatic heterocycles. The number of hydrogen-bond donors (Lipinski definition) is 0. The lowest BCUT2D eigenvalue weighted by Gasteiger charge is -2.41. The second kappa shape index (κ2) is 10.8. The van der Waals surface area contributed by atoms with Crippen LogP contribution in [0.25, 0.3) is 22.0 Å². The molecule has 3 aromatic carbocycles. The lowest BCUT2D eigenvalue weighted by molar-refractivity contribution is 0.214. The first-order chi connectivity index (χ1) is 18.6. The van der Waals surface area contributed by atoms with Crippen molar-refractivity contribution in [2.24, 2.45) is 0 Å². The number of hydrogen-bond acceptors (Lipinski definition) is 5. The Kier molecular flexibility index (Phi) is 7.58. The first kappa shape index (κ1) is 27.4. The third-order valence-electron chi connectivity index (χ3n) is 6.84. The van der Waals surface area contributed by atoms with Crippen LogP contribution in [0.4, 0.5) is 27.8 Å². The van der Waals surface area contributed by atoms with E-state index in [0.29, 0.717) is 52.5 Å². The lowest BCUT2D eigenvalue weighted by Crippen LogP contribution is -2.52. The summed E-state index contributed by atoms with van der Waals surface area (Å²) in [6.07, 6.45) is 2.49. The third kappa shape index (κ3) is 4.99. The summed E-state index contributed by atoms with van der Waals surface area (Å²) in [7, 11) is -2.08. The molecular formula is C27H22ClF5N4OS. The van der Waals surface area contributed by atoms with E-state index in [4.69, 9.17) is 11.6 Å². The van der Waals surface area contributed by atoms with E-state index in [2.05, 4.69) is 9.97 Å². The van der Waals surface area contributed by atoms with Crippen LogP contribution in [-0.2, 0) is 17.3 Å². The second-order valence-electron chi connectivity index (χ2n) is 9.32. The van der Waals surface area contributed by atoms with E-state index >= 15 is 0 Å². The van der Waals surface area contributed by atoms with E-state index in [1.807, 2.05) is 11.8 Å². The van der Waals surface area contributed by atoms with E-state index in [1.165, 1.54) is 12.4 Å². The van der Waals surface area contributed by atoms with Gasteiger partial charge >= 0.3 is 0 Å². The molecule has 2 heterocycles. The number of fused-ring (bicyclic) bond motifs is 1. The second-order valence-corrected chi connectivity index (χ2v) is 11.0. The Labute approximate surface area is 228 Å². The Bertz CT molecular complexity index is 1620. The Morgan fingerprint density at radius 2 is 1.69 bits per heavy atom. The van der Waals surface area contributed by atoms with Gasteiger partial charge in [-0.05, 0) is 25.1 Å². The van der Waals surface area contributed by atoms with Gasteiger partial charge in [-0.3, -0.25) is 9.11 Å². The maximum atomic E-state index is 14.6. The highest BCUT2D eigenvalue weighted by atomic mass is 35.5. The van der Waals surface area contributed by atoms with Crippen LogP contribution >= 0.6 is 11.6 Å². The van der Waals surface area contributed by atoms with Gasteiger partial charge in [0.05, 0.1) is 21.2 Å². The third-order valence-corrected chi connectivity index (χ3v) is 8.15. The molecule has 0 N–H and O–H groups in total. The molecule has 1 unspecified atom stereocenters. The van der Waals surface area contributed by atoms with Crippen LogP contribution < -0.4 is 4.90 Å². The minimum Gasteiger partial charge on any atom is -0.351 e. The summed E-state index contributed by atoms with van der Waals surface area (Å²) in [6.45, 7) is 2.72. The first-order valence-electron chi connectivity index (χ1n) is 11.9. The molecule has 4 aromatic rings. The molecule has 1 aliphatic rings. The fraction of sp³-hybridized carbons (Fsp3) is 0.259. The summed E-state index contributed by atoms with van der Waals surface area (Å²) in [5, 5.41) is 0.978. The standard InChI is InChI=1S/C27H22ClF5N4OS/c1-14-11-36(12-18-22(30)23(31)24(32)25(33)26(18)39(2)38)7-8-37(14)27-17-9-19(28)16(10-21(17)34-13-35-27)15-5-3-4-6-20(15)29/h3-6,9-10,13-14H,7-8,11-12H2,1-2H3/t14-,39?/m0/s1. The fourth-order valence-corrected chi connectivity index (χ4v) is 6.10. The van der Waals surface area contributed by atoms with Gasteiger partial charge in [0.1, 0.15) is 18.0 Å². The molecule has 0 bridgehead atoms. The van der Waals surface area contributed by atoms with Crippen molar-refractivity contribution in [3.63, 3.8) is 0 Å². The zero-order chi connectivity index (χ0) is 28.0. The van der Waals surface area contributed by atoms with Crippen molar-refractivity contribution in [2.75, 3.05) is 30.8 Å². The molecule has 204 valence electrons. The largest absolute Gasteiger partial charge is 0.351 e. The summed E-state index contributed by atoms with van der Waals surface area (Å²) in [4.78, 5) is 11.9. The smallest absolute Gasteiger partial charge is 0.198 e. The van der Waals surface area contributed by atoms with E-state index in [9.17, 15) is 26.2 Å². The van der Waals surface area contributed by atoms with Crippen molar-refractivity contribution < 1.29 is 26.2 Å². The average Bonchev–Trinajstić information content (AvgIpc) is 2.90. The first-order valence-corrected chi connectivity index (χ1v) is 13.9. The highest BCUT2D eigenvalue weighted by Gasteiger charge is 2.31. The number of nitrogens with zero attached hydrogens (tertiary/aromatic N) is 4. The van der Waals surface area contributed by atoms with E-state index < -0.39 is 50.3 Å². The normalized spacial score (nSPS) is 17.1. The molecular weight excluding hydrogens is 559 g/mol. The van der Waals surface area contributed by atoms with Crippen LogP contribution in [0.1, 0.15) is 12.5 Å². The number of piperazine rings is 1. The Balaban J connectivity index is 1.43. The maximum Gasteiger partial charge on any atom is 0.198 e. The highest BCUT2D eigenvalue weighted by molar-refractivity contribution is 7.84. The molecule has 0 aliphatic carbocycles. The van der Waals surface area contributed by atoms with Gasteiger partial charge in [0.15, 0.2) is 23.3 Å². The zero-order valence-corrected chi connectivity index (χ0v) is 22.4. The number of anilines is 1. The zero-order valence-electron chi connectivity index (χ0n) is 20.8. The Morgan fingerprint density at radius 1 is 0.974 bits per heavy atom. The van der Waals surface area contributed by atoms with Crippen molar-refractivity contribution in [1.29, 1.82) is 0 Å². The van der Waals surface area contributed by atoms with Crippen LogP contribution in [0.5, 0.6) is 0 Å². The predicted molar refractivity (Wildman–Crippen MR) is 141 cm³/mol. The van der Waals surface area contributed by atoms with Gasteiger partial charge < -0.3 is 4.90 Å². The van der Waals surface area contributed by atoms with E-state index in [1.54, 1.807) is 35.2 Å². The summed E-state index contributed by atoms with van der Waals surface area (Å²) in [6, 6.07) is 9.49. The average molecular weight is 581 g/mol. The van der Waals surface area contributed by atoms with Gasteiger partial charge in [0.2, 0.25) is 0 Å². The minimum atomic E-state index is -2.08. The van der Waals surface area contributed by atoms with Gasteiger partial charge in [-0.1, -0.05) is 29.8 Å². The maximum absolute atomic E-state index is 14.6. The van der Waals surface area contributed by atoms with Gasteiger partial charge in [-0.2, -0.15) is 0 Å². The molecule has 1 saturated heterocycles. The molecule has 0 spiro atoms. The quantitative estimate of drug-likeness (QED) is 0.162. The fourth-order valence-electron chi connectivity index (χ4n) is 4.99. The molecule has 0 radical (unpaired) electrons. The Morgan fingerprint density at radius 3 is 2.38 bits per heavy atom. The minimum absolute atomic E-state index is 0.198. The van der Waals surface area contributed by atoms with Crippen molar-refractivity contribution in [3.8, 4) is 11.1 Å². The number of aromatic nitrogens is 2. The number of rotatable bonds is 5. The van der Waals surface area contributed by atoms with Crippen molar-refractivity contribution in [3.05, 3.63) is 82.4 Å². The number of halogens is 6. The van der Waals surface area contributed by atoms with Gasteiger partial charge in [0, 0.05) is 65.6 Å². The Hall–Kier alpha value is -3.15. The molecule has 5 nitrogen and oxygen atoms in total.